The average Bonchev–Trinajstić information content (AvgIpc) is 3.14. The Kier molecular flexibility index (Phi) is 4.56. The van der Waals surface area contributed by atoms with Crippen LogP contribution in [-0.4, -0.2) is 15.8 Å². The average molecular weight is 404 g/mol. The van der Waals surface area contributed by atoms with Gasteiger partial charge in [0.05, 0.1) is 5.39 Å². The molecule has 2 aromatic heterocycles. The van der Waals surface area contributed by atoms with E-state index in [0.29, 0.717) is 22.8 Å². The van der Waals surface area contributed by atoms with Crippen LogP contribution in [0.15, 0.2) is 54.9 Å². The Balaban J connectivity index is 1.42. The van der Waals surface area contributed by atoms with Crippen molar-refractivity contribution >= 4 is 27.3 Å². The minimum atomic E-state index is -0.364. The molecule has 29 heavy (non-hydrogen) atoms. The molecule has 0 unspecified atom stereocenters. The number of benzene rings is 2. The van der Waals surface area contributed by atoms with Gasteiger partial charge in [-0.05, 0) is 79.8 Å². The number of halogens is 1. The van der Waals surface area contributed by atoms with Gasteiger partial charge in [0.15, 0.2) is 5.78 Å². The third kappa shape index (κ3) is 3.40. The van der Waals surface area contributed by atoms with E-state index in [0.717, 1.165) is 23.1 Å². The van der Waals surface area contributed by atoms with Crippen LogP contribution in [0.1, 0.15) is 39.2 Å². The topological polar surface area (TPSA) is 52.1 Å². The first-order valence-electron chi connectivity index (χ1n) is 9.52. The van der Waals surface area contributed by atoms with Gasteiger partial charge >= 0.3 is 0 Å². The lowest BCUT2D eigenvalue weighted by Gasteiger charge is -2.12. The molecule has 0 saturated carbocycles. The molecule has 0 spiro atoms. The van der Waals surface area contributed by atoms with Crippen molar-refractivity contribution < 1.29 is 13.9 Å². The van der Waals surface area contributed by atoms with Crippen molar-refractivity contribution in [2.24, 2.45) is 0 Å². The van der Waals surface area contributed by atoms with Gasteiger partial charge in [-0.3, -0.25) is 4.79 Å². The molecule has 0 saturated heterocycles. The molecule has 2 heterocycles. The van der Waals surface area contributed by atoms with Crippen molar-refractivity contribution in [2.75, 3.05) is 0 Å². The Morgan fingerprint density at radius 1 is 0.931 bits per heavy atom. The van der Waals surface area contributed by atoms with Gasteiger partial charge in [0, 0.05) is 16.0 Å². The summed E-state index contributed by atoms with van der Waals surface area (Å²) in [7, 11) is 0. The minimum Gasteiger partial charge on any atom is -0.438 e. The summed E-state index contributed by atoms with van der Waals surface area (Å²) in [6, 6.07) is 12.5. The third-order valence-corrected chi connectivity index (χ3v) is 6.35. The molecule has 1 aliphatic carbocycles. The van der Waals surface area contributed by atoms with Crippen LogP contribution < -0.4 is 4.74 Å². The second-order valence-electron chi connectivity index (χ2n) is 7.03. The first kappa shape index (κ1) is 17.9. The number of carbonyl (C=O) groups is 1. The van der Waals surface area contributed by atoms with Gasteiger partial charge < -0.3 is 4.74 Å². The number of aromatic nitrogens is 2. The van der Waals surface area contributed by atoms with Crippen molar-refractivity contribution in [2.45, 2.75) is 25.7 Å². The summed E-state index contributed by atoms with van der Waals surface area (Å²) in [5.74, 6) is 0.647. The van der Waals surface area contributed by atoms with Gasteiger partial charge in [0.2, 0.25) is 5.88 Å². The molecule has 0 atom stereocenters. The SMILES string of the molecule is O=C(c1ccc(F)cc1)c1ccc(Oc2ncnc3sc4c(c23)CCCC4)cc1. The molecule has 0 fully saturated rings. The van der Waals surface area contributed by atoms with Crippen LogP contribution in [0.5, 0.6) is 11.6 Å². The lowest BCUT2D eigenvalue weighted by molar-refractivity contribution is 0.103. The summed E-state index contributed by atoms with van der Waals surface area (Å²) >= 11 is 1.73. The molecule has 0 N–H and O–H groups in total. The second kappa shape index (κ2) is 7.37. The van der Waals surface area contributed by atoms with E-state index in [1.807, 2.05) is 0 Å². The fourth-order valence-electron chi connectivity index (χ4n) is 3.69. The van der Waals surface area contributed by atoms with E-state index >= 15 is 0 Å². The van der Waals surface area contributed by atoms with Crippen molar-refractivity contribution in [1.29, 1.82) is 0 Å². The molecule has 0 amide bonds. The maximum atomic E-state index is 13.1. The largest absolute Gasteiger partial charge is 0.438 e. The van der Waals surface area contributed by atoms with E-state index in [1.54, 1.807) is 35.6 Å². The fourth-order valence-corrected chi connectivity index (χ4v) is 4.91. The molecule has 4 aromatic rings. The molecular weight excluding hydrogens is 387 g/mol. The fraction of sp³-hybridized carbons (Fsp3) is 0.174. The van der Waals surface area contributed by atoms with Crippen molar-refractivity contribution in [3.8, 4) is 11.6 Å². The van der Waals surface area contributed by atoms with Gasteiger partial charge in [-0.1, -0.05) is 0 Å². The molecular formula is C23H17FN2O2S. The zero-order chi connectivity index (χ0) is 19.8. The van der Waals surface area contributed by atoms with Crippen LogP contribution in [0, 0.1) is 5.82 Å². The highest BCUT2D eigenvalue weighted by molar-refractivity contribution is 7.18. The molecule has 4 nitrogen and oxygen atoms in total. The number of hydrogen-bond acceptors (Lipinski definition) is 5. The first-order valence-corrected chi connectivity index (χ1v) is 10.3. The number of hydrogen-bond donors (Lipinski definition) is 0. The highest BCUT2D eigenvalue weighted by atomic mass is 32.1. The summed E-state index contributed by atoms with van der Waals surface area (Å²) in [6.45, 7) is 0. The smallest absolute Gasteiger partial charge is 0.231 e. The van der Waals surface area contributed by atoms with E-state index in [1.165, 1.54) is 53.9 Å². The number of carbonyl (C=O) groups excluding carboxylic acids is 1. The number of ketones is 1. The lowest BCUT2D eigenvalue weighted by Crippen LogP contribution is -2.01. The number of thiophene rings is 1. The van der Waals surface area contributed by atoms with Crippen LogP contribution in [0.2, 0.25) is 0 Å². The third-order valence-electron chi connectivity index (χ3n) is 5.15. The van der Waals surface area contributed by atoms with Crippen molar-refractivity contribution in [3.63, 3.8) is 0 Å². The Hall–Kier alpha value is -3.12. The normalized spacial score (nSPS) is 13.3. The highest BCUT2D eigenvalue weighted by Gasteiger charge is 2.21. The maximum Gasteiger partial charge on any atom is 0.231 e. The van der Waals surface area contributed by atoms with Gasteiger partial charge in [0.25, 0.3) is 0 Å². The van der Waals surface area contributed by atoms with E-state index in [4.69, 9.17) is 4.74 Å². The number of rotatable bonds is 4. The molecule has 2 aromatic carbocycles. The predicted octanol–water partition coefficient (Wildman–Crippen LogP) is 5.73. The first-order chi connectivity index (χ1) is 14.2. The van der Waals surface area contributed by atoms with Gasteiger partial charge in [-0.25, -0.2) is 14.4 Å². The molecule has 6 heteroatoms. The summed E-state index contributed by atoms with van der Waals surface area (Å²) in [6.07, 6.45) is 6.05. The van der Waals surface area contributed by atoms with E-state index < -0.39 is 0 Å². The van der Waals surface area contributed by atoms with E-state index in [-0.39, 0.29) is 11.6 Å². The summed E-state index contributed by atoms with van der Waals surface area (Å²) < 4.78 is 19.1. The maximum absolute atomic E-state index is 13.1. The van der Waals surface area contributed by atoms with Crippen LogP contribution in [-0.2, 0) is 12.8 Å². The Labute approximate surface area is 171 Å². The predicted molar refractivity (Wildman–Crippen MR) is 110 cm³/mol. The van der Waals surface area contributed by atoms with Gasteiger partial charge in [0.1, 0.15) is 22.7 Å². The number of ether oxygens (including phenoxy) is 1. The highest BCUT2D eigenvalue weighted by Crippen LogP contribution is 2.40. The summed E-state index contributed by atoms with van der Waals surface area (Å²) in [4.78, 5) is 23.7. The quantitative estimate of drug-likeness (QED) is 0.408. The zero-order valence-electron chi connectivity index (χ0n) is 15.5. The molecule has 0 radical (unpaired) electrons. The Morgan fingerprint density at radius 2 is 1.62 bits per heavy atom. The molecule has 0 bridgehead atoms. The van der Waals surface area contributed by atoms with Gasteiger partial charge in [-0.2, -0.15) is 0 Å². The number of fused-ring (bicyclic) bond motifs is 3. The Morgan fingerprint density at radius 3 is 2.38 bits per heavy atom. The monoisotopic (exact) mass is 404 g/mol. The standard InChI is InChI=1S/C23H17FN2O2S/c24-16-9-5-14(6-10-16)21(27)15-7-11-17(12-8-15)28-22-20-18-3-1-2-4-19(18)29-23(20)26-13-25-22/h5-13H,1-4H2. The molecule has 5 rings (SSSR count). The Bertz CT molecular complexity index is 1200. The molecule has 144 valence electrons. The molecule has 1 aliphatic rings. The lowest BCUT2D eigenvalue weighted by atomic mass is 9.97. The van der Waals surface area contributed by atoms with Crippen LogP contribution in [0.3, 0.4) is 0 Å². The van der Waals surface area contributed by atoms with E-state index in [9.17, 15) is 9.18 Å². The van der Waals surface area contributed by atoms with Crippen molar-refractivity contribution in [1.82, 2.24) is 9.97 Å². The van der Waals surface area contributed by atoms with E-state index in [2.05, 4.69) is 9.97 Å². The summed E-state index contributed by atoms with van der Waals surface area (Å²) in [5.41, 5.74) is 2.28. The van der Waals surface area contributed by atoms with Gasteiger partial charge in [-0.15, -0.1) is 11.3 Å². The number of nitrogens with zero attached hydrogens (tertiary/aromatic N) is 2. The van der Waals surface area contributed by atoms with Crippen LogP contribution in [0.4, 0.5) is 4.39 Å². The second-order valence-corrected chi connectivity index (χ2v) is 8.12. The van der Waals surface area contributed by atoms with Crippen molar-refractivity contribution in [3.05, 3.63) is 82.2 Å². The van der Waals surface area contributed by atoms with Crippen LogP contribution >= 0.6 is 11.3 Å². The number of aryl methyl sites for hydroxylation is 2. The minimum absolute atomic E-state index is 0.159. The summed E-state index contributed by atoms with van der Waals surface area (Å²) in [5, 5.41) is 1.01. The van der Waals surface area contributed by atoms with Crippen LogP contribution in [0.25, 0.3) is 10.2 Å². The zero-order valence-corrected chi connectivity index (χ0v) is 16.3. The molecule has 0 aliphatic heterocycles.